The summed E-state index contributed by atoms with van der Waals surface area (Å²) in [7, 11) is 0. The van der Waals surface area contributed by atoms with Crippen molar-refractivity contribution < 1.29 is 4.79 Å². The fourth-order valence-electron chi connectivity index (χ4n) is 2.26. The summed E-state index contributed by atoms with van der Waals surface area (Å²) in [6.07, 6.45) is 0.788. The van der Waals surface area contributed by atoms with Crippen molar-refractivity contribution in [1.29, 1.82) is 0 Å². The van der Waals surface area contributed by atoms with E-state index < -0.39 is 0 Å². The Kier molecular flexibility index (Phi) is 3.70. The second-order valence-corrected chi connectivity index (χ2v) is 4.76. The second kappa shape index (κ2) is 5.25. The second-order valence-electron chi connectivity index (χ2n) is 4.76. The van der Waals surface area contributed by atoms with Crippen LogP contribution in [0.25, 0.3) is 0 Å². The molecule has 1 fully saturated rings. The van der Waals surface area contributed by atoms with E-state index in [-0.39, 0.29) is 18.0 Å². The molecule has 3 nitrogen and oxygen atoms in total. The summed E-state index contributed by atoms with van der Waals surface area (Å²) in [5.74, 6) is 0.168. The summed E-state index contributed by atoms with van der Waals surface area (Å²) in [5, 5.41) is 3.20. The van der Waals surface area contributed by atoms with E-state index in [0.29, 0.717) is 6.54 Å². The Labute approximate surface area is 108 Å². The highest BCUT2D eigenvalue weighted by Crippen LogP contribution is 2.19. The number of benzene rings is 1. The van der Waals surface area contributed by atoms with E-state index in [1.54, 1.807) is 0 Å². The zero-order valence-electron chi connectivity index (χ0n) is 11.0. The molecule has 1 aromatic carbocycles. The maximum atomic E-state index is 12.3. The molecular weight excluding hydrogens is 224 g/mol. The van der Waals surface area contributed by atoms with Crippen molar-refractivity contribution in [3.63, 3.8) is 0 Å². The number of hydrogen-bond acceptors (Lipinski definition) is 2. The van der Waals surface area contributed by atoms with Crippen molar-refractivity contribution >= 4 is 5.91 Å². The third-order valence-electron chi connectivity index (χ3n) is 3.52. The summed E-state index contributed by atoms with van der Waals surface area (Å²) in [4.78, 5) is 14.2. The first-order chi connectivity index (χ1) is 8.63. The largest absolute Gasteiger partial charge is 0.376 e. The zero-order valence-corrected chi connectivity index (χ0v) is 11.0. The molecule has 0 spiro atoms. The van der Waals surface area contributed by atoms with Gasteiger partial charge in [0.2, 0.25) is 5.91 Å². The van der Waals surface area contributed by atoms with Gasteiger partial charge >= 0.3 is 0 Å². The number of amides is 1. The molecular formula is C15H20N2O. The van der Waals surface area contributed by atoms with Gasteiger partial charge in [-0.15, -0.1) is 0 Å². The lowest BCUT2D eigenvalue weighted by Crippen LogP contribution is -2.56. The summed E-state index contributed by atoms with van der Waals surface area (Å²) in [6, 6.07) is 9.99. The fourth-order valence-corrected chi connectivity index (χ4v) is 2.26. The number of hydrogen-bond donors (Lipinski definition) is 1. The van der Waals surface area contributed by atoms with Crippen LogP contribution in [-0.4, -0.2) is 22.9 Å². The highest BCUT2D eigenvalue weighted by molar-refractivity contribution is 5.84. The number of rotatable bonds is 3. The molecule has 1 aromatic rings. The molecule has 0 aliphatic carbocycles. The van der Waals surface area contributed by atoms with Crippen LogP contribution in [0.3, 0.4) is 0 Å². The van der Waals surface area contributed by atoms with E-state index in [1.807, 2.05) is 49.1 Å². The molecule has 96 valence electrons. The maximum absolute atomic E-state index is 12.3. The van der Waals surface area contributed by atoms with Crippen LogP contribution in [0.2, 0.25) is 0 Å². The highest BCUT2D eigenvalue weighted by Gasteiger charge is 2.33. The Balaban J connectivity index is 2.18. The summed E-state index contributed by atoms with van der Waals surface area (Å²) in [6.45, 7) is 8.69. The van der Waals surface area contributed by atoms with Gasteiger partial charge in [-0.1, -0.05) is 43.8 Å². The van der Waals surface area contributed by atoms with Crippen LogP contribution in [0, 0.1) is 0 Å². The van der Waals surface area contributed by atoms with Gasteiger partial charge in [0.1, 0.15) is 6.04 Å². The predicted molar refractivity (Wildman–Crippen MR) is 72.8 cm³/mol. The molecule has 1 aliphatic heterocycles. The Morgan fingerprint density at radius 3 is 2.61 bits per heavy atom. The Bertz CT molecular complexity index is 441. The molecule has 18 heavy (non-hydrogen) atoms. The maximum Gasteiger partial charge on any atom is 0.245 e. The minimum absolute atomic E-state index is 0.0421. The SMILES string of the molecule is C=C1N[C@@H](CC)C(=O)N(Cc2ccccc2)[C@@H]1C. The van der Waals surface area contributed by atoms with Crippen molar-refractivity contribution in [3.05, 3.63) is 48.2 Å². The molecule has 1 aliphatic rings. The molecule has 1 N–H and O–H groups in total. The van der Waals surface area contributed by atoms with Crippen LogP contribution in [0.5, 0.6) is 0 Å². The van der Waals surface area contributed by atoms with Gasteiger partial charge < -0.3 is 10.2 Å². The van der Waals surface area contributed by atoms with Gasteiger partial charge in [0, 0.05) is 12.2 Å². The quantitative estimate of drug-likeness (QED) is 0.885. The monoisotopic (exact) mass is 244 g/mol. The van der Waals surface area contributed by atoms with E-state index >= 15 is 0 Å². The molecule has 2 atom stereocenters. The molecule has 0 aromatic heterocycles. The lowest BCUT2D eigenvalue weighted by Gasteiger charge is -2.40. The molecule has 2 rings (SSSR count). The normalized spacial score (nSPS) is 24.0. The number of carbonyl (C=O) groups excluding carboxylic acids is 1. The smallest absolute Gasteiger partial charge is 0.245 e. The topological polar surface area (TPSA) is 32.3 Å². The van der Waals surface area contributed by atoms with Gasteiger partial charge in [-0.2, -0.15) is 0 Å². The average Bonchev–Trinajstić information content (AvgIpc) is 2.40. The van der Waals surface area contributed by atoms with Crippen molar-refractivity contribution in [3.8, 4) is 0 Å². The highest BCUT2D eigenvalue weighted by atomic mass is 16.2. The Morgan fingerprint density at radius 1 is 1.33 bits per heavy atom. The van der Waals surface area contributed by atoms with E-state index in [2.05, 4.69) is 11.9 Å². The van der Waals surface area contributed by atoms with Crippen molar-refractivity contribution in [2.75, 3.05) is 0 Å². The summed E-state index contributed by atoms with van der Waals surface area (Å²) >= 11 is 0. The van der Waals surface area contributed by atoms with Gasteiger partial charge in [0.15, 0.2) is 0 Å². The van der Waals surface area contributed by atoms with E-state index in [0.717, 1.165) is 17.7 Å². The van der Waals surface area contributed by atoms with Crippen LogP contribution in [0.15, 0.2) is 42.6 Å². The van der Waals surface area contributed by atoms with Gasteiger partial charge in [-0.05, 0) is 18.9 Å². The standard InChI is InChI=1S/C15H20N2O/c1-4-14-15(18)17(12(3)11(2)16-14)10-13-8-6-5-7-9-13/h5-9,12,14,16H,2,4,10H2,1,3H3/t12-,14+/m1/s1. The molecule has 0 bridgehead atoms. The first-order valence-electron chi connectivity index (χ1n) is 6.43. The third-order valence-corrected chi connectivity index (χ3v) is 3.52. The van der Waals surface area contributed by atoms with Crippen molar-refractivity contribution in [2.24, 2.45) is 0 Å². The van der Waals surface area contributed by atoms with Crippen LogP contribution < -0.4 is 5.32 Å². The van der Waals surface area contributed by atoms with E-state index in [9.17, 15) is 4.79 Å². The van der Waals surface area contributed by atoms with E-state index in [4.69, 9.17) is 0 Å². The third kappa shape index (κ3) is 2.40. The van der Waals surface area contributed by atoms with Crippen LogP contribution in [0.4, 0.5) is 0 Å². The van der Waals surface area contributed by atoms with Gasteiger partial charge in [0.05, 0.1) is 6.04 Å². The van der Waals surface area contributed by atoms with Crippen LogP contribution in [0.1, 0.15) is 25.8 Å². The minimum Gasteiger partial charge on any atom is -0.376 e. The molecule has 1 amide bonds. The first kappa shape index (κ1) is 12.7. The first-order valence-corrected chi connectivity index (χ1v) is 6.43. The molecule has 1 saturated heterocycles. The minimum atomic E-state index is -0.127. The summed E-state index contributed by atoms with van der Waals surface area (Å²) in [5.41, 5.74) is 2.08. The molecule has 0 unspecified atom stereocenters. The van der Waals surface area contributed by atoms with Crippen molar-refractivity contribution in [1.82, 2.24) is 10.2 Å². The lowest BCUT2D eigenvalue weighted by molar-refractivity contribution is -0.137. The molecule has 0 saturated carbocycles. The van der Waals surface area contributed by atoms with E-state index in [1.165, 1.54) is 0 Å². The van der Waals surface area contributed by atoms with Crippen LogP contribution in [-0.2, 0) is 11.3 Å². The number of nitrogens with zero attached hydrogens (tertiary/aromatic N) is 1. The molecule has 3 heteroatoms. The average molecular weight is 244 g/mol. The Morgan fingerprint density at radius 2 is 2.00 bits per heavy atom. The fraction of sp³-hybridized carbons (Fsp3) is 0.400. The number of piperazine rings is 1. The number of nitrogens with one attached hydrogen (secondary N) is 1. The van der Waals surface area contributed by atoms with Gasteiger partial charge in [-0.3, -0.25) is 4.79 Å². The molecule has 1 heterocycles. The van der Waals surface area contributed by atoms with Gasteiger partial charge in [-0.25, -0.2) is 0 Å². The zero-order chi connectivity index (χ0) is 13.1. The Hall–Kier alpha value is -1.77. The lowest BCUT2D eigenvalue weighted by atomic mass is 10.0. The van der Waals surface area contributed by atoms with Gasteiger partial charge in [0.25, 0.3) is 0 Å². The van der Waals surface area contributed by atoms with Crippen LogP contribution >= 0.6 is 0 Å². The van der Waals surface area contributed by atoms with Crippen molar-refractivity contribution in [2.45, 2.75) is 38.9 Å². The number of carbonyl (C=O) groups is 1. The predicted octanol–water partition coefficient (Wildman–Crippen LogP) is 2.30. The summed E-state index contributed by atoms with van der Waals surface area (Å²) < 4.78 is 0. The molecule has 0 radical (unpaired) electrons.